The molecule has 0 bridgehead atoms. The monoisotopic (exact) mass is 287 g/mol. The first-order chi connectivity index (χ1) is 10.0. The molecule has 0 saturated carbocycles. The highest BCUT2D eigenvalue weighted by molar-refractivity contribution is 5.61. The number of nitrogens with two attached hydrogens (primary N) is 1. The summed E-state index contributed by atoms with van der Waals surface area (Å²) in [5.74, 6) is 7.27. The van der Waals surface area contributed by atoms with Crippen LogP contribution in [0.15, 0.2) is 36.4 Å². The summed E-state index contributed by atoms with van der Waals surface area (Å²) in [5, 5.41) is 12.4. The zero-order valence-electron chi connectivity index (χ0n) is 12.3. The van der Waals surface area contributed by atoms with Crippen molar-refractivity contribution in [3.63, 3.8) is 0 Å². The number of aromatic nitrogens is 2. The number of nitrogens with zero attached hydrogens (tertiary/aromatic N) is 2. The molecule has 21 heavy (non-hydrogen) atoms. The Morgan fingerprint density at radius 1 is 1.14 bits per heavy atom. The van der Waals surface area contributed by atoms with E-state index in [4.69, 9.17) is 10.9 Å². The van der Waals surface area contributed by atoms with Gasteiger partial charge in [-0.25, -0.2) is 15.8 Å². The Balaban J connectivity index is 2.34. The second-order valence-corrected chi connectivity index (χ2v) is 5.45. The molecule has 0 amide bonds. The SMILES string of the molecule is CC(C)(CCO)Nc1cc(NN)nc(-c2ccccc2)n1. The fourth-order valence-electron chi connectivity index (χ4n) is 1.99. The maximum Gasteiger partial charge on any atom is 0.163 e. The van der Waals surface area contributed by atoms with Gasteiger partial charge in [0.05, 0.1) is 0 Å². The molecule has 0 radical (unpaired) electrons. The first-order valence-corrected chi connectivity index (χ1v) is 6.84. The van der Waals surface area contributed by atoms with Crippen LogP contribution < -0.4 is 16.6 Å². The predicted molar refractivity (Wildman–Crippen MR) is 84.7 cm³/mol. The molecule has 1 aromatic carbocycles. The van der Waals surface area contributed by atoms with E-state index in [-0.39, 0.29) is 12.1 Å². The molecule has 6 heteroatoms. The zero-order chi connectivity index (χ0) is 15.3. The van der Waals surface area contributed by atoms with Crippen LogP contribution in [-0.2, 0) is 0 Å². The van der Waals surface area contributed by atoms with Gasteiger partial charge in [-0.15, -0.1) is 0 Å². The lowest BCUT2D eigenvalue weighted by Gasteiger charge is -2.26. The largest absolute Gasteiger partial charge is 0.396 e. The molecule has 5 N–H and O–H groups in total. The number of anilines is 2. The summed E-state index contributed by atoms with van der Waals surface area (Å²) in [6, 6.07) is 11.4. The van der Waals surface area contributed by atoms with Crippen LogP contribution in [0.25, 0.3) is 11.4 Å². The van der Waals surface area contributed by atoms with Crippen molar-refractivity contribution in [1.29, 1.82) is 0 Å². The summed E-state index contributed by atoms with van der Waals surface area (Å²) in [7, 11) is 0. The Labute approximate surface area is 124 Å². The Hall–Kier alpha value is -2.18. The van der Waals surface area contributed by atoms with Crippen LogP contribution in [0.1, 0.15) is 20.3 Å². The molecular weight excluding hydrogens is 266 g/mol. The summed E-state index contributed by atoms with van der Waals surface area (Å²) in [6.07, 6.45) is 0.614. The maximum atomic E-state index is 9.11. The number of aliphatic hydroxyl groups is 1. The first-order valence-electron chi connectivity index (χ1n) is 6.84. The maximum absolute atomic E-state index is 9.11. The Bertz CT molecular complexity index is 586. The lowest BCUT2D eigenvalue weighted by atomic mass is 10.0. The molecule has 0 saturated heterocycles. The van der Waals surface area contributed by atoms with Crippen LogP contribution in [0.2, 0.25) is 0 Å². The van der Waals surface area contributed by atoms with Gasteiger partial charge >= 0.3 is 0 Å². The van der Waals surface area contributed by atoms with Crippen LogP contribution in [0.4, 0.5) is 11.6 Å². The molecule has 0 unspecified atom stereocenters. The normalized spacial score (nSPS) is 11.2. The van der Waals surface area contributed by atoms with Gasteiger partial charge < -0.3 is 15.8 Å². The van der Waals surface area contributed by atoms with E-state index in [1.165, 1.54) is 0 Å². The van der Waals surface area contributed by atoms with E-state index in [9.17, 15) is 0 Å². The first kappa shape index (κ1) is 15.2. The second-order valence-electron chi connectivity index (χ2n) is 5.45. The topological polar surface area (TPSA) is 96.1 Å². The summed E-state index contributed by atoms with van der Waals surface area (Å²) in [6.45, 7) is 4.12. The van der Waals surface area contributed by atoms with E-state index in [2.05, 4.69) is 20.7 Å². The minimum atomic E-state index is -0.275. The van der Waals surface area contributed by atoms with E-state index < -0.39 is 0 Å². The van der Waals surface area contributed by atoms with Crippen LogP contribution in [-0.4, -0.2) is 27.2 Å². The molecule has 1 aromatic heterocycles. The van der Waals surface area contributed by atoms with E-state index in [0.29, 0.717) is 23.9 Å². The third-order valence-corrected chi connectivity index (χ3v) is 3.11. The van der Waals surface area contributed by atoms with Crippen LogP contribution >= 0.6 is 0 Å². The van der Waals surface area contributed by atoms with Crippen LogP contribution in [0.5, 0.6) is 0 Å². The van der Waals surface area contributed by atoms with Crippen LogP contribution in [0.3, 0.4) is 0 Å². The molecule has 6 nitrogen and oxygen atoms in total. The number of nitrogens with one attached hydrogen (secondary N) is 2. The van der Waals surface area contributed by atoms with Crippen molar-refractivity contribution in [2.75, 3.05) is 17.3 Å². The molecule has 0 aliphatic rings. The van der Waals surface area contributed by atoms with E-state index >= 15 is 0 Å². The standard InChI is InChI=1S/C15H21N5O/c1-15(2,8-9-21)19-12-10-13(20-16)18-14(17-12)11-6-4-3-5-7-11/h3-7,10,21H,8-9,16H2,1-2H3,(H2,17,18,19,20). The summed E-state index contributed by atoms with van der Waals surface area (Å²) < 4.78 is 0. The molecule has 2 rings (SSSR count). The number of benzene rings is 1. The highest BCUT2D eigenvalue weighted by atomic mass is 16.3. The molecule has 0 fully saturated rings. The van der Waals surface area contributed by atoms with Gasteiger partial charge in [-0.05, 0) is 20.3 Å². The van der Waals surface area contributed by atoms with Crippen molar-refractivity contribution < 1.29 is 5.11 Å². The molecule has 0 aliphatic heterocycles. The van der Waals surface area contributed by atoms with E-state index in [1.807, 2.05) is 44.2 Å². The fraction of sp³-hybridized carbons (Fsp3) is 0.333. The fourth-order valence-corrected chi connectivity index (χ4v) is 1.99. The number of rotatable bonds is 6. The van der Waals surface area contributed by atoms with Gasteiger partial charge in [0.2, 0.25) is 0 Å². The average Bonchev–Trinajstić information content (AvgIpc) is 2.47. The molecule has 0 atom stereocenters. The molecule has 0 aliphatic carbocycles. The minimum absolute atomic E-state index is 0.110. The number of nitrogen functional groups attached to an aromatic ring is 1. The highest BCUT2D eigenvalue weighted by Gasteiger charge is 2.18. The smallest absolute Gasteiger partial charge is 0.163 e. The van der Waals surface area contributed by atoms with Crippen molar-refractivity contribution in [3.05, 3.63) is 36.4 Å². The van der Waals surface area contributed by atoms with Crippen molar-refractivity contribution in [3.8, 4) is 11.4 Å². The highest BCUT2D eigenvalue weighted by Crippen LogP contribution is 2.22. The summed E-state index contributed by atoms with van der Waals surface area (Å²) in [5.41, 5.74) is 3.19. The van der Waals surface area contributed by atoms with Crippen LogP contribution in [0, 0.1) is 0 Å². The summed E-state index contributed by atoms with van der Waals surface area (Å²) >= 11 is 0. The predicted octanol–water partition coefficient (Wildman–Crippen LogP) is 2.00. The van der Waals surface area contributed by atoms with E-state index in [1.54, 1.807) is 6.07 Å². The van der Waals surface area contributed by atoms with Gasteiger partial charge in [0.25, 0.3) is 0 Å². The van der Waals surface area contributed by atoms with Gasteiger partial charge in [-0.2, -0.15) is 0 Å². The lowest BCUT2D eigenvalue weighted by molar-refractivity contribution is 0.260. The zero-order valence-corrected chi connectivity index (χ0v) is 12.3. The van der Waals surface area contributed by atoms with Gasteiger partial charge in [0.1, 0.15) is 11.6 Å². The second kappa shape index (κ2) is 6.51. The summed E-state index contributed by atoms with van der Waals surface area (Å²) in [4.78, 5) is 8.88. The van der Waals surface area contributed by atoms with Gasteiger partial charge in [0, 0.05) is 23.8 Å². The molecule has 1 heterocycles. The van der Waals surface area contributed by atoms with Crippen molar-refractivity contribution in [2.24, 2.45) is 5.84 Å². The Kier molecular flexibility index (Phi) is 4.72. The van der Waals surface area contributed by atoms with Gasteiger partial charge in [0.15, 0.2) is 5.82 Å². The third-order valence-electron chi connectivity index (χ3n) is 3.11. The molecular formula is C15H21N5O. The number of aliphatic hydroxyl groups excluding tert-OH is 1. The lowest BCUT2D eigenvalue weighted by Crippen LogP contribution is -2.32. The number of hydrogen-bond acceptors (Lipinski definition) is 6. The Morgan fingerprint density at radius 3 is 2.43 bits per heavy atom. The van der Waals surface area contributed by atoms with Gasteiger partial charge in [-0.1, -0.05) is 30.3 Å². The quantitative estimate of drug-likeness (QED) is 0.479. The average molecular weight is 287 g/mol. The Morgan fingerprint density at radius 2 is 1.81 bits per heavy atom. The van der Waals surface area contributed by atoms with Crippen molar-refractivity contribution in [1.82, 2.24) is 9.97 Å². The molecule has 112 valence electrons. The van der Waals surface area contributed by atoms with Crippen molar-refractivity contribution >= 4 is 11.6 Å². The number of hydrazine groups is 1. The third kappa shape index (κ3) is 4.14. The van der Waals surface area contributed by atoms with Crippen molar-refractivity contribution in [2.45, 2.75) is 25.8 Å². The molecule has 2 aromatic rings. The number of hydrogen-bond donors (Lipinski definition) is 4. The van der Waals surface area contributed by atoms with E-state index in [0.717, 1.165) is 5.56 Å². The minimum Gasteiger partial charge on any atom is -0.396 e. The van der Waals surface area contributed by atoms with Gasteiger partial charge in [-0.3, -0.25) is 0 Å². The molecule has 0 spiro atoms.